The van der Waals surface area contributed by atoms with Crippen molar-refractivity contribution in [2.75, 3.05) is 0 Å². The number of hydrogen-bond acceptors (Lipinski definition) is 4. The Bertz CT molecular complexity index is 3320. The van der Waals surface area contributed by atoms with Crippen LogP contribution in [-0.2, 0) is 22.7 Å². The lowest BCUT2D eigenvalue weighted by Gasteiger charge is -2.19. The molecule has 0 radical (unpaired) electrons. The van der Waals surface area contributed by atoms with E-state index >= 15 is 0 Å². The Balaban J connectivity index is 1.18. The van der Waals surface area contributed by atoms with Crippen molar-refractivity contribution in [3.63, 3.8) is 0 Å². The molecular formula is C54H34I2O4. The van der Waals surface area contributed by atoms with Crippen LogP contribution in [0.4, 0.5) is 0 Å². The maximum atomic E-state index is 14.3. The van der Waals surface area contributed by atoms with E-state index in [1.165, 1.54) is 0 Å². The summed E-state index contributed by atoms with van der Waals surface area (Å²) in [6.45, 7) is 0.346. The fourth-order valence-electron chi connectivity index (χ4n) is 8.53. The molecule has 0 aliphatic carbocycles. The fraction of sp³-hybridized carbons (Fsp3) is 0.0370. The lowest BCUT2D eigenvalue weighted by molar-refractivity contribution is 0.0467. The Morgan fingerprint density at radius 3 is 1.65 bits per heavy atom. The summed E-state index contributed by atoms with van der Waals surface area (Å²) in [5.41, 5.74) is 6.67. The first kappa shape index (κ1) is 38.1. The van der Waals surface area contributed by atoms with Gasteiger partial charge in [-0.3, -0.25) is 0 Å². The monoisotopic (exact) mass is 1000 g/mol. The van der Waals surface area contributed by atoms with Crippen LogP contribution in [0.2, 0.25) is 0 Å². The van der Waals surface area contributed by atoms with E-state index < -0.39 is 0 Å². The zero-order chi connectivity index (χ0) is 40.7. The minimum Gasteiger partial charge on any atom is -0.457 e. The van der Waals surface area contributed by atoms with Crippen molar-refractivity contribution >= 4 is 111 Å². The van der Waals surface area contributed by atoms with E-state index in [2.05, 4.69) is 130 Å². The van der Waals surface area contributed by atoms with Crippen molar-refractivity contribution < 1.29 is 19.1 Å². The van der Waals surface area contributed by atoms with Gasteiger partial charge in [0.2, 0.25) is 0 Å². The van der Waals surface area contributed by atoms with E-state index in [1.807, 2.05) is 97.1 Å². The van der Waals surface area contributed by atoms with Gasteiger partial charge in [-0.2, -0.15) is 0 Å². The number of carbonyl (C=O) groups is 2. The highest BCUT2D eigenvalue weighted by molar-refractivity contribution is 14.1. The van der Waals surface area contributed by atoms with Crippen LogP contribution in [0, 0.1) is 7.14 Å². The highest BCUT2D eigenvalue weighted by Gasteiger charge is 2.24. The van der Waals surface area contributed by atoms with E-state index in [1.54, 1.807) is 0 Å². The minimum absolute atomic E-state index is 0.172. The van der Waals surface area contributed by atoms with Gasteiger partial charge in [0, 0.05) is 23.3 Å². The van der Waals surface area contributed by atoms with Gasteiger partial charge in [-0.1, -0.05) is 164 Å². The van der Waals surface area contributed by atoms with Crippen molar-refractivity contribution in [2.45, 2.75) is 13.2 Å². The fourth-order valence-corrected chi connectivity index (χ4v) is 10.1. The second-order valence-corrected chi connectivity index (χ2v) is 17.1. The van der Waals surface area contributed by atoms with Crippen molar-refractivity contribution in [1.82, 2.24) is 0 Å². The van der Waals surface area contributed by atoms with E-state index in [0.717, 1.165) is 94.4 Å². The maximum Gasteiger partial charge on any atom is 0.339 e. The van der Waals surface area contributed by atoms with E-state index in [4.69, 9.17) is 9.47 Å². The summed E-state index contributed by atoms with van der Waals surface area (Å²) in [4.78, 5) is 28.5. The Labute approximate surface area is 374 Å². The number of esters is 2. The van der Waals surface area contributed by atoms with Gasteiger partial charge in [0.05, 0.1) is 11.1 Å². The number of fused-ring (bicyclic) bond motifs is 7. The third-order valence-corrected chi connectivity index (χ3v) is 13.1. The summed E-state index contributed by atoms with van der Waals surface area (Å²) < 4.78 is 14.2. The normalized spacial score (nSPS) is 11.4. The number of ether oxygens (including phenoxy) is 2. The number of rotatable bonds is 8. The molecule has 0 heterocycles. The molecule has 4 nitrogen and oxygen atoms in total. The van der Waals surface area contributed by atoms with Crippen LogP contribution in [0.3, 0.4) is 0 Å². The van der Waals surface area contributed by atoms with E-state index in [-0.39, 0.29) is 25.2 Å². The Morgan fingerprint density at radius 1 is 0.367 bits per heavy atom. The Hall–Kier alpha value is -6.10. The van der Waals surface area contributed by atoms with Crippen molar-refractivity contribution in [3.8, 4) is 22.3 Å². The molecule has 10 aromatic rings. The number of benzene rings is 10. The maximum absolute atomic E-state index is 14.3. The summed E-state index contributed by atoms with van der Waals surface area (Å²) in [5, 5.41) is 9.96. The molecule has 0 saturated carbocycles. The highest BCUT2D eigenvalue weighted by atomic mass is 127. The molecule has 0 N–H and O–H groups in total. The predicted molar refractivity (Wildman–Crippen MR) is 261 cm³/mol. The average Bonchev–Trinajstić information content (AvgIpc) is 3.29. The van der Waals surface area contributed by atoms with Gasteiger partial charge in [-0.25, -0.2) is 9.59 Å². The number of carbonyl (C=O) groups excluding carboxylic acids is 2. The summed E-state index contributed by atoms with van der Waals surface area (Å²) in [6, 6.07) is 61.1. The molecule has 10 rings (SSSR count). The van der Waals surface area contributed by atoms with E-state index in [0.29, 0.717) is 11.1 Å². The number of hydrogen-bond donors (Lipinski definition) is 0. The molecule has 0 unspecified atom stereocenters. The second kappa shape index (κ2) is 16.2. The van der Waals surface area contributed by atoms with Crippen LogP contribution >= 0.6 is 45.2 Å². The van der Waals surface area contributed by atoms with Gasteiger partial charge in [0.1, 0.15) is 13.2 Å². The topological polar surface area (TPSA) is 52.6 Å². The summed E-state index contributed by atoms with van der Waals surface area (Å²) in [6.07, 6.45) is 0. The van der Waals surface area contributed by atoms with Gasteiger partial charge in [0.25, 0.3) is 0 Å². The van der Waals surface area contributed by atoms with Crippen LogP contribution in [-0.4, -0.2) is 11.9 Å². The lowest BCUT2D eigenvalue weighted by atomic mass is 9.86. The van der Waals surface area contributed by atoms with Crippen LogP contribution in [0.5, 0.6) is 0 Å². The molecule has 0 amide bonds. The molecule has 0 spiro atoms. The largest absolute Gasteiger partial charge is 0.457 e. The molecule has 6 heteroatoms. The zero-order valence-electron chi connectivity index (χ0n) is 32.1. The highest BCUT2D eigenvalue weighted by Crippen LogP contribution is 2.45. The van der Waals surface area contributed by atoms with Crippen molar-refractivity contribution in [1.29, 1.82) is 0 Å². The quantitative estimate of drug-likeness (QED) is 0.0865. The van der Waals surface area contributed by atoms with Gasteiger partial charge in [0.15, 0.2) is 0 Å². The minimum atomic E-state index is -0.372. The van der Waals surface area contributed by atoms with Gasteiger partial charge < -0.3 is 9.47 Å². The van der Waals surface area contributed by atoms with Crippen LogP contribution in [0.15, 0.2) is 182 Å². The molecule has 10 aromatic carbocycles. The van der Waals surface area contributed by atoms with Gasteiger partial charge in [-0.15, -0.1) is 0 Å². The van der Waals surface area contributed by atoms with Crippen LogP contribution < -0.4 is 0 Å². The summed E-state index contributed by atoms with van der Waals surface area (Å²) in [5.74, 6) is -0.744. The molecule has 60 heavy (non-hydrogen) atoms. The Morgan fingerprint density at radius 2 is 0.900 bits per heavy atom. The van der Waals surface area contributed by atoms with Gasteiger partial charge in [-0.05, 0) is 134 Å². The molecule has 0 bridgehead atoms. The third-order valence-electron chi connectivity index (χ3n) is 11.3. The first-order valence-electron chi connectivity index (χ1n) is 19.7. The Kier molecular flexibility index (Phi) is 10.3. The molecule has 0 aromatic heterocycles. The molecule has 0 atom stereocenters. The summed E-state index contributed by atoms with van der Waals surface area (Å²) in [7, 11) is 0. The van der Waals surface area contributed by atoms with Crippen LogP contribution in [0.1, 0.15) is 31.8 Å². The standard InChI is InChI=1S/C54H34I2O4/c55-46-20-9-16-36-21-22-37-24-26-43-39(27-28-45(51(43)49(37)48(36)46)53(57)59-31-33-11-3-1-4-12-33)40-29-30-47(56)50-41(40)18-10-19-42(50)44-25-23-35-15-7-8-17-38(35)52(44)54(58)60-32-34-13-5-2-6-14-34/h1-30H,31-32H2. The zero-order valence-corrected chi connectivity index (χ0v) is 36.4. The van der Waals surface area contributed by atoms with E-state index in [9.17, 15) is 9.59 Å². The second-order valence-electron chi connectivity index (χ2n) is 14.8. The van der Waals surface area contributed by atoms with Crippen LogP contribution in [0.25, 0.3) is 76.1 Å². The smallest absolute Gasteiger partial charge is 0.339 e. The lowest BCUT2D eigenvalue weighted by Crippen LogP contribution is -2.08. The van der Waals surface area contributed by atoms with Crippen molar-refractivity contribution in [3.05, 3.63) is 211 Å². The van der Waals surface area contributed by atoms with Gasteiger partial charge >= 0.3 is 11.9 Å². The molecule has 288 valence electrons. The van der Waals surface area contributed by atoms with Crippen molar-refractivity contribution in [2.24, 2.45) is 0 Å². The first-order chi connectivity index (χ1) is 29.4. The summed E-state index contributed by atoms with van der Waals surface area (Å²) >= 11 is 4.82. The molecular weight excluding hydrogens is 966 g/mol. The molecule has 0 aliphatic rings. The molecule has 0 saturated heterocycles. The molecule has 0 fully saturated rings. The first-order valence-corrected chi connectivity index (χ1v) is 21.8. The predicted octanol–water partition coefficient (Wildman–Crippen LogP) is 14.7. The molecule has 0 aliphatic heterocycles. The third kappa shape index (κ3) is 6.87. The average molecular weight is 1000 g/mol. The SMILES string of the molecule is O=C(OCc1ccccc1)c1c(-c2cccc3c(-c4ccc(C(=O)OCc5ccccc5)c5c4ccc4ccc6cccc(I)c6c45)ccc(I)c23)ccc2ccccc12. The number of halogens is 2.